The number of carbonyl (C=O) groups is 6. The molecule has 20 aromatic rings. The second kappa shape index (κ2) is 45.6. The van der Waals surface area contributed by atoms with Crippen LogP contribution in [0.25, 0.3) is 87.4 Å². The number of carbonyl (C=O) groups excluding carboxylic acids is 6. The summed E-state index contributed by atoms with van der Waals surface area (Å²) >= 11 is 25.0. The number of ether oxygens (including phenoxy) is 6. The van der Waals surface area contributed by atoms with Gasteiger partial charge in [0, 0.05) is 68.2 Å². The van der Waals surface area contributed by atoms with E-state index >= 15 is 0 Å². The van der Waals surface area contributed by atoms with Crippen LogP contribution in [0.2, 0.25) is 10.0 Å². The second-order valence-electron chi connectivity index (χ2n) is 29.8. The van der Waals surface area contributed by atoms with Crippen LogP contribution in [0.5, 0.6) is 34.5 Å². The fraction of sp³-hybridized carbons (Fsp3) is 0.0370. The summed E-state index contributed by atoms with van der Waals surface area (Å²) < 4.78 is 75.9. The maximum atomic E-state index is 12.7. The Kier molecular flexibility index (Phi) is 32.1. The third kappa shape index (κ3) is 25.1. The van der Waals surface area contributed by atoms with Gasteiger partial charge in [-0.2, -0.15) is 0 Å². The normalized spacial score (nSPS) is 10.7. The first-order chi connectivity index (χ1) is 67.3. The SMILES string of the molecule is O=C(Oc1ccc(Cl)cc1)c1cc2cc(CF)ccc2oc1=O.O=C(Oc1ccc2ccccc2c1)c1cc2ccccc2oc1=O.O=C(Oc1cccc(Br)c1)c1cc2cc(CBr)ccc2oc1=O.O=C(Oc1cccc(Cl)c1)c1cc2cc(CBr)ccc2oc1=O.O=C(Oc1cccc2ccccc12)c1cc2ccccc2oc1=O.O=C(Oc1ccccc1)c1cc2cc(CBr)ccc2oc1=O. The average molecular weight is 2160 g/mol. The van der Waals surface area contributed by atoms with Crippen molar-refractivity contribution in [3.8, 4) is 34.5 Å². The van der Waals surface area contributed by atoms with Crippen LogP contribution < -0.4 is 62.2 Å². The predicted octanol–water partition coefficient (Wildman–Crippen LogP) is 25.6. The molecule has 0 spiro atoms. The lowest BCUT2D eigenvalue weighted by Gasteiger charge is -2.07. The quantitative estimate of drug-likeness (QED) is 0.0375. The van der Waals surface area contributed by atoms with E-state index < -0.39 is 76.2 Å². The summed E-state index contributed by atoms with van der Waals surface area (Å²) in [5, 5.41) is 10.5. The maximum absolute atomic E-state index is 12.7. The number of fused-ring (bicyclic) bond motifs is 8. The number of halogens is 7. The van der Waals surface area contributed by atoms with E-state index in [0.29, 0.717) is 115 Å². The van der Waals surface area contributed by atoms with Crippen LogP contribution in [0.4, 0.5) is 4.39 Å². The van der Waals surface area contributed by atoms with Gasteiger partial charge in [0.05, 0.1) is 0 Å². The van der Waals surface area contributed by atoms with E-state index in [0.717, 1.165) is 42.7 Å². The molecule has 0 fully saturated rings. The summed E-state index contributed by atoms with van der Waals surface area (Å²) in [6.07, 6.45) is 0. The van der Waals surface area contributed by atoms with Gasteiger partial charge in [-0.25, -0.2) is 61.9 Å². The largest absolute Gasteiger partial charge is 0.423 e. The summed E-state index contributed by atoms with van der Waals surface area (Å²) in [5.74, 6) is -2.56. The van der Waals surface area contributed by atoms with Crippen molar-refractivity contribution in [2.75, 3.05) is 0 Å². The van der Waals surface area contributed by atoms with E-state index in [9.17, 15) is 61.9 Å². The molecular weight excluding hydrogens is 2090 g/mol. The zero-order chi connectivity index (χ0) is 97.8. The monoisotopic (exact) mass is 2150 g/mol. The molecule has 0 aliphatic heterocycles. The Hall–Kier alpha value is -15.9. The summed E-state index contributed by atoms with van der Waals surface area (Å²) in [6.45, 7) is -0.653. The van der Waals surface area contributed by atoms with Crippen LogP contribution in [0.15, 0.2) is 406 Å². The van der Waals surface area contributed by atoms with Crippen molar-refractivity contribution in [1.29, 1.82) is 0 Å². The molecule has 6 aromatic heterocycles. The second-order valence-corrected chi connectivity index (χ2v) is 33.3. The number of alkyl halides is 4. The molecule has 0 aliphatic carbocycles. The first kappa shape index (κ1) is 97.6. The van der Waals surface area contributed by atoms with E-state index in [2.05, 4.69) is 63.7 Å². The lowest BCUT2D eigenvalue weighted by atomic mass is 10.1. The van der Waals surface area contributed by atoms with Crippen molar-refractivity contribution >= 4 is 210 Å². The molecular formula is C108H65Br4Cl2FO24. The van der Waals surface area contributed by atoms with Crippen LogP contribution in [0, 0.1) is 0 Å². The Morgan fingerprint density at radius 1 is 0.245 bits per heavy atom. The van der Waals surface area contributed by atoms with Gasteiger partial charge in [-0.05, 0) is 226 Å². The number of hydrogen-bond acceptors (Lipinski definition) is 24. The van der Waals surface area contributed by atoms with Crippen molar-refractivity contribution < 1.29 is 88.1 Å². The van der Waals surface area contributed by atoms with Gasteiger partial charge in [-0.15, -0.1) is 0 Å². The van der Waals surface area contributed by atoms with E-state index in [1.54, 1.807) is 158 Å². The van der Waals surface area contributed by atoms with Crippen LogP contribution in [-0.2, 0) is 22.7 Å². The molecule has 0 saturated heterocycles. The molecule has 24 nitrogen and oxygen atoms in total. The Morgan fingerprint density at radius 2 is 0.554 bits per heavy atom. The van der Waals surface area contributed by atoms with Gasteiger partial charge in [0.25, 0.3) is 0 Å². The predicted molar refractivity (Wildman–Crippen MR) is 539 cm³/mol. The highest BCUT2D eigenvalue weighted by Gasteiger charge is 2.24. The van der Waals surface area contributed by atoms with E-state index in [4.69, 9.17) is 78.1 Å². The van der Waals surface area contributed by atoms with Crippen molar-refractivity contribution in [1.82, 2.24) is 0 Å². The fourth-order valence-electron chi connectivity index (χ4n) is 13.5. The van der Waals surface area contributed by atoms with Gasteiger partial charge in [-0.3, -0.25) is 0 Å². The van der Waals surface area contributed by atoms with E-state index in [-0.39, 0.29) is 50.5 Å². The van der Waals surface area contributed by atoms with Crippen LogP contribution in [-0.4, -0.2) is 35.8 Å². The molecule has 0 amide bonds. The molecule has 0 atom stereocenters. The standard InChI is InChI=1S/2C20H12O4.C17H10Br2O4.C17H10BrClO4.C17H11BrO4.C17H10ClFO4/c21-19-16(12-14-7-2-4-10-17(14)23-19)20(22)24-18-11-5-8-13-6-1-3-9-15(13)18;21-19(17-12-15-7-3-4-8-18(15)24-20(17)22)23-16-10-9-13-5-1-2-6-14(13)11-16;2*18-9-10-4-5-15-11(6-10)7-14(17(21)23-15)16(20)22-13-3-1-2-12(19)8-13;18-10-11-6-7-15-12(8-11)9-14(17(20)22-15)16(19)21-13-4-2-1-3-5-13;18-12-2-4-13(5-3-12)22-16(20)14-8-11-7-10(9-19)1-6-15(11)23-17(14)21/h2*1-12H;2*1-8H,9H2;1-9H,10H2;1-8H,9H2. The summed E-state index contributed by atoms with van der Waals surface area (Å²) in [6, 6.07) is 97.5. The smallest absolute Gasteiger partial charge is 0.351 e. The highest BCUT2D eigenvalue weighted by molar-refractivity contribution is 9.10. The summed E-state index contributed by atoms with van der Waals surface area (Å²) in [4.78, 5) is 145. The molecule has 0 aliphatic rings. The number of rotatable bonds is 16. The van der Waals surface area contributed by atoms with Crippen LogP contribution >= 0.6 is 86.9 Å². The van der Waals surface area contributed by atoms with Gasteiger partial charge in [0.1, 0.15) is 108 Å². The molecule has 20 rings (SSSR count). The Morgan fingerprint density at radius 3 is 0.978 bits per heavy atom. The van der Waals surface area contributed by atoms with Gasteiger partial charge >= 0.3 is 69.6 Å². The van der Waals surface area contributed by atoms with Crippen molar-refractivity contribution in [2.45, 2.75) is 22.7 Å². The van der Waals surface area contributed by atoms with Crippen molar-refractivity contribution in [2.24, 2.45) is 0 Å². The zero-order valence-electron chi connectivity index (χ0n) is 71.7. The lowest BCUT2D eigenvalue weighted by Crippen LogP contribution is -2.18. The number of para-hydroxylation sites is 3. The van der Waals surface area contributed by atoms with Gasteiger partial charge in [0.2, 0.25) is 0 Å². The molecule has 690 valence electrons. The fourth-order valence-corrected chi connectivity index (χ4v) is 15.3. The first-order valence-corrected chi connectivity index (χ1v) is 46.4. The van der Waals surface area contributed by atoms with E-state index in [1.165, 1.54) is 72.8 Å². The Balaban J connectivity index is 0.000000126. The Labute approximate surface area is 827 Å². The summed E-state index contributed by atoms with van der Waals surface area (Å²) in [5.41, 5.74) is 0.546. The minimum atomic E-state index is -0.853. The molecule has 0 saturated carbocycles. The maximum Gasteiger partial charge on any atom is 0.351 e. The third-order valence-corrected chi connectivity index (χ3v) is 23.2. The van der Waals surface area contributed by atoms with E-state index in [1.807, 2.05) is 115 Å². The van der Waals surface area contributed by atoms with Crippen LogP contribution in [0.3, 0.4) is 0 Å². The first-order valence-electron chi connectivity index (χ1n) is 41.5. The molecule has 6 heterocycles. The summed E-state index contributed by atoms with van der Waals surface area (Å²) in [7, 11) is 0. The van der Waals surface area contributed by atoms with Gasteiger partial charge in [-0.1, -0.05) is 245 Å². The molecule has 14 aromatic carbocycles. The molecule has 0 bridgehead atoms. The lowest BCUT2D eigenvalue weighted by molar-refractivity contribution is 0.0720. The van der Waals surface area contributed by atoms with Crippen molar-refractivity contribution in [3.05, 3.63) is 478 Å². The number of benzene rings is 14. The minimum Gasteiger partial charge on any atom is -0.423 e. The number of esters is 6. The number of hydrogen-bond donors (Lipinski definition) is 0. The zero-order valence-corrected chi connectivity index (χ0v) is 79.5. The molecule has 0 unspecified atom stereocenters. The minimum absolute atomic E-state index is 0.122. The van der Waals surface area contributed by atoms with Crippen molar-refractivity contribution in [3.63, 3.8) is 0 Å². The third-order valence-electron chi connectivity index (χ3n) is 20.3. The highest BCUT2D eigenvalue weighted by atomic mass is 79.9. The Bertz CT molecular complexity index is 8350. The molecule has 31 heteroatoms. The topological polar surface area (TPSA) is 339 Å². The molecule has 0 radical (unpaired) electrons. The van der Waals surface area contributed by atoms with Crippen LogP contribution in [0.1, 0.15) is 84.4 Å². The average Bonchev–Trinajstić information content (AvgIpc) is 0.817. The van der Waals surface area contributed by atoms with Gasteiger partial charge in [0.15, 0.2) is 0 Å². The molecule has 139 heavy (non-hydrogen) atoms. The highest BCUT2D eigenvalue weighted by Crippen LogP contribution is 2.31. The van der Waals surface area contributed by atoms with Gasteiger partial charge < -0.3 is 54.9 Å². The molecule has 0 N–H and O–H groups in total.